The van der Waals surface area contributed by atoms with Gasteiger partial charge >= 0.3 is 0 Å². The van der Waals surface area contributed by atoms with Gasteiger partial charge in [0.05, 0.1) is 13.2 Å². The molecule has 0 aliphatic carbocycles. The van der Waals surface area contributed by atoms with Crippen LogP contribution < -0.4 is 10.5 Å². The molecule has 0 bridgehead atoms. The molecule has 0 heterocycles. The van der Waals surface area contributed by atoms with E-state index in [1.807, 2.05) is 6.07 Å². The third-order valence-electron chi connectivity index (χ3n) is 1.95. The fraction of sp³-hybridized carbons (Fsp3) is 0.300. The summed E-state index contributed by atoms with van der Waals surface area (Å²) in [6, 6.07) is 7.03. The molecule has 2 N–H and O–H groups in total. The lowest BCUT2D eigenvalue weighted by Crippen LogP contribution is -2.31. The van der Waals surface area contributed by atoms with Crippen molar-refractivity contribution >= 4 is 11.6 Å². The monoisotopic (exact) mass is 210 g/mol. The largest absolute Gasteiger partial charge is 0.496 e. The first kappa shape index (κ1) is 10.8. The van der Waals surface area contributed by atoms with Crippen LogP contribution in [0.5, 0.6) is 5.75 Å². The normalized spacial score (nSPS) is 14.2. The molecule has 0 aliphatic rings. The molecule has 1 atom stereocenters. The van der Waals surface area contributed by atoms with E-state index < -0.39 is 5.54 Å². The average molecular weight is 211 g/mol. The van der Waals surface area contributed by atoms with Gasteiger partial charge in [0.1, 0.15) is 11.3 Å². The lowest BCUT2D eigenvalue weighted by Gasteiger charge is -2.19. The summed E-state index contributed by atoms with van der Waals surface area (Å²) in [6.45, 7) is 1.61. The Morgan fingerprint density at radius 1 is 1.57 bits per heavy atom. The molecule has 1 rings (SSSR count). The molecular formula is C10H11ClN2O. The first-order valence-corrected chi connectivity index (χ1v) is 4.43. The number of ether oxygens (including phenoxy) is 1. The van der Waals surface area contributed by atoms with Crippen molar-refractivity contribution in [2.45, 2.75) is 12.5 Å². The molecule has 1 aromatic rings. The van der Waals surface area contributed by atoms with Crippen LogP contribution in [-0.4, -0.2) is 7.11 Å². The number of hydrogen-bond donors (Lipinski definition) is 1. The predicted octanol–water partition coefficient (Wildman–Crippen LogP) is 2.05. The number of nitriles is 1. The zero-order chi connectivity index (χ0) is 10.8. The maximum atomic E-state index is 8.88. The summed E-state index contributed by atoms with van der Waals surface area (Å²) in [5.41, 5.74) is 5.29. The highest BCUT2D eigenvalue weighted by Gasteiger charge is 2.24. The summed E-state index contributed by atoms with van der Waals surface area (Å²) in [5, 5.41) is 9.42. The van der Waals surface area contributed by atoms with Gasteiger partial charge in [-0.15, -0.1) is 0 Å². The minimum Gasteiger partial charge on any atom is -0.496 e. The topological polar surface area (TPSA) is 59.0 Å². The molecule has 0 fully saturated rings. The molecule has 0 saturated carbocycles. The van der Waals surface area contributed by atoms with Crippen molar-refractivity contribution in [1.82, 2.24) is 0 Å². The molecule has 0 aromatic heterocycles. The lowest BCUT2D eigenvalue weighted by molar-refractivity contribution is 0.401. The van der Waals surface area contributed by atoms with Crippen LogP contribution in [0.25, 0.3) is 0 Å². The molecule has 0 saturated heterocycles. The van der Waals surface area contributed by atoms with Gasteiger partial charge in [0.25, 0.3) is 0 Å². The Morgan fingerprint density at radius 2 is 2.21 bits per heavy atom. The summed E-state index contributed by atoms with van der Waals surface area (Å²) >= 11 is 5.82. The molecule has 14 heavy (non-hydrogen) atoms. The fourth-order valence-corrected chi connectivity index (χ4v) is 1.32. The highest BCUT2D eigenvalue weighted by molar-refractivity contribution is 6.30. The van der Waals surface area contributed by atoms with E-state index in [9.17, 15) is 0 Å². The van der Waals surface area contributed by atoms with E-state index in [0.717, 1.165) is 0 Å². The van der Waals surface area contributed by atoms with Crippen molar-refractivity contribution in [3.63, 3.8) is 0 Å². The zero-order valence-corrected chi connectivity index (χ0v) is 8.80. The smallest absolute Gasteiger partial charge is 0.130 e. The third kappa shape index (κ3) is 1.98. The summed E-state index contributed by atoms with van der Waals surface area (Å²) in [7, 11) is 1.53. The van der Waals surface area contributed by atoms with Crippen LogP contribution in [-0.2, 0) is 5.54 Å². The van der Waals surface area contributed by atoms with Crippen LogP contribution in [0.1, 0.15) is 12.5 Å². The predicted molar refractivity (Wildman–Crippen MR) is 55.2 cm³/mol. The summed E-state index contributed by atoms with van der Waals surface area (Å²) < 4.78 is 5.10. The van der Waals surface area contributed by atoms with Gasteiger partial charge in [-0.2, -0.15) is 5.26 Å². The van der Waals surface area contributed by atoms with Crippen LogP contribution in [0, 0.1) is 11.3 Å². The molecule has 1 unspecified atom stereocenters. The molecule has 0 spiro atoms. The molecular weight excluding hydrogens is 200 g/mol. The van der Waals surface area contributed by atoms with E-state index in [1.165, 1.54) is 7.11 Å². The number of nitrogens with two attached hydrogens (primary N) is 1. The molecule has 3 nitrogen and oxygen atoms in total. The van der Waals surface area contributed by atoms with Gasteiger partial charge in [-0.3, -0.25) is 0 Å². The maximum absolute atomic E-state index is 8.88. The maximum Gasteiger partial charge on any atom is 0.130 e. The molecule has 4 heteroatoms. The summed E-state index contributed by atoms with van der Waals surface area (Å²) in [5.74, 6) is 0.570. The van der Waals surface area contributed by atoms with Crippen molar-refractivity contribution in [3.8, 4) is 11.8 Å². The van der Waals surface area contributed by atoms with Gasteiger partial charge in [-0.05, 0) is 25.1 Å². The van der Waals surface area contributed by atoms with Gasteiger partial charge in [0.15, 0.2) is 0 Å². The van der Waals surface area contributed by atoms with E-state index >= 15 is 0 Å². The van der Waals surface area contributed by atoms with E-state index in [-0.39, 0.29) is 0 Å². The number of hydrogen-bond acceptors (Lipinski definition) is 3. The van der Waals surface area contributed by atoms with Crippen LogP contribution in [0.2, 0.25) is 5.02 Å². The Morgan fingerprint density at radius 3 is 2.71 bits per heavy atom. The van der Waals surface area contributed by atoms with Crippen LogP contribution in [0.3, 0.4) is 0 Å². The van der Waals surface area contributed by atoms with Gasteiger partial charge in [-0.25, -0.2) is 0 Å². The third-order valence-corrected chi connectivity index (χ3v) is 2.19. The molecule has 74 valence electrons. The average Bonchev–Trinajstić information content (AvgIpc) is 2.18. The van der Waals surface area contributed by atoms with E-state index in [2.05, 4.69) is 0 Å². The number of nitrogens with zero attached hydrogens (tertiary/aromatic N) is 1. The van der Waals surface area contributed by atoms with E-state index in [1.54, 1.807) is 25.1 Å². The number of halogens is 1. The van der Waals surface area contributed by atoms with Gasteiger partial charge < -0.3 is 10.5 Å². The molecule has 1 aromatic carbocycles. The second kappa shape index (κ2) is 3.87. The van der Waals surface area contributed by atoms with Gasteiger partial charge in [-0.1, -0.05) is 11.6 Å². The number of rotatable bonds is 2. The SMILES string of the molecule is COc1ccc(Cl)cc1C(C)(N)C#N. The van der Waals surface area contributed by atoms with Crippen molar-refractivity contribution in [2.24, 2.45) is 5.73 Å². The van der Waals surface area contributed by atoms with Crippen molar-refractivity contribution in [1.29, 1.82) is 5.26 Å². The lowest BCUT2D eigenvalue weighted by atomic mass is 9.94. The second-order valence-corrected chi connectivity index (χ2v) is 3.60. The first-order chi connectivity index (χ1) is 6.51. The number of methoxy groups -OCH3 is 1. The summed E-state index contributed by atoms with van der Waals surface area (Å²) in [4.78, 5) is 0. The van der Waals surface area contributed by atoms with Gasteiger partial charge in [0.2, 0.25) is 0 Å². The molecule has 0 amide bonds. The Hall–Kier alpha value is -1.24. The highest BCUT2D eigenvalue weighted by Crippen LogP contribution is 2.30. The van der Waals surface area contributed by atoms with Crippen LogP contribution in [0.15, 0.2) is 18.2 Å². The first-order valence-electron chi connectivity index (χ1n) is 4.05. The van der Waals surface area contributed by atoms with Crippen molar-refractivity contribution < 1.29 is 4.74 Å². The van der Waals surface area contributed by atoms with Crippen LogP contribution >= 0.6 is 11.6 Å². The minimum absolute atomic E-state index is 0.535. The number of benzene rings is 1. The zero-order valence-electron chi connectivity index (χ0n) is 8.04. The van der Waals surface area contributed by atoms with E-state index in [0.29, 0.717) is 16.3 Å². The van der Waals surface area contributed by atoms with Gasteiger partial charge in [0, 0.05) is 10.6 Å². The Labute approximate surface area is 88.0 Å². The Bertz CT molecular complexity index is 382. The van der Waals surface area contributed by atoms with E-state index in [4.69, 9.17) is 27.3 Å². The second-order valence-electron chi connectivity index (χ2n) is 3.16. The molecule has 0 radical (unpaired) electrons. The Kier molecular flexibility index (Phi) is 3.00. The minimum atomic E-state index is -1.09. The van der Waals surface area contributed by atoms with Crippen molar-refractivity contribution in [3.05, 3.63) is 28.8 Å². The summed E-state index contributed by atoms with van der Waals surface area (Å²) in [6.07, 6.45) is 0. The fourth-order valence-electron chi connectivity index (χ4n) is 1.15. The van der Waals surface area contributed by atoms with Crippen LogP contribution in [0.4, 0.5) is 0 Å². The standard InChI is InChI=1S/C10H11ClN2O/c1-10(13,6-12)8-5-7(11)3-4-9(8)14-2/h3-5H,13H2,1-2H3. The Balaban J connectivity index is 3.32. The quantitative estimate of drug-likeness (QED) is 0.813. The van der Waals surface area contributed by atoms with Crippen molar-refractivity contribution in [2.75, 3.05) is 7.11 Å². The molecule has 0 aliphatic heterocycles. The highest BCUT2D eigenvalue weighted by atomic mass is 35.5.